The second kappa shape index (κ2) is 6.16. The van der Waals surface area contributed by atoms with Crippen molar-refractivity contribution in [1.82, 2.24) is 24.5 Å². The van der Waals surface area contributed by atoms with Crippen molar-refractivity contribution in [2.45, 2.75) is 32.4 Å². The lowest BCUT2D eigenvalue weighted by Crippen LogP contribution is -2.46. The Kier molecular flexibility index (Phi) is 4.21. The maximum absolute atomic E-state index is 12.8. The molecule has 0 radical (unpaired) electrons. The van der Waals surface area contributed by atoms with E-state index in [4.69, 9.17) is 4.52 Å². The van der Waals surface area contributed by atoms with E-state index < -0.39 is 0 Å². The van der Waals surface area contributed by atoms with Gasteiger partial charge in [-0.2, -0.15) is 0 Å². The zero-order valence-electron chi connectivity index (χ0n) is 14.1. The van der Waals surface area contributed by atoms with E-state index in [1.165, 1.54) is 11.9 Å². The molecule has 1 aliphatic rings. The molecule has 3 heterocycles. The van der Waals surface area contributed by atoms with Crippen molar-refractivity contribution in [3.05, 3.63) is 35.7 Å². The van der Waals surface area contributed by atoms with Crippen LogP contribution in [0.25, 0.3) is 0 Å². The Morgan fingerprint density at radius 3 is 2.96 bits per heavy atom. The first-order valence-electron chi connectivity index (χ1n) is 7.91. The number of fused-ring (bicyclic) bond motifs is 1. The second-order valence-electron chi connectivity index (χ2n) is 6.36. The Morgan fingerprint density at radius 1 is 1.52 bits per heavy atom. The number of carbonyl (C=O) groups is 1. The molecule has 0 spiro atoms. The van der Waals surface area contributed by atoms with E-state index in [2.05, 4.69) is 35.9 Å². The van der Waals surface area contributed by atoms with E-state index in [-0.39, 0.29) is 17.7 Å². The average molecular weight is 317 g/mol. The molecule has 0 fully saturated rings. The molecule has 1 amide bonds. The van der Waals surface area contributed by atoms with Crippen molar-refractivity contribution in [1.29, 1.82) is 0 Å². The van der Waals surface area contributed by atoms with Crippen molar-refractivity contribution in [2.24, 2.45) is 7.05 Å². The van der Waals surface area contributed by atoms with E-state index in [1.54, 1.807) is 6.07 Å². The van der Waals surface area contributed by atoms with Gasteiger partial charge in [-0.15, -0.1) is 0 Å². The van der Waals surface area contributed by atoms with Crippen molar-refractivity contribution in [3.63, 3.8) is 0 Å². The lowest BCUT2D eigenvalue weighted by Gasteiger charge is -2.37. The zero-order chi connectivity index (χ0) is 16.6. The number of carbonyl (C=O) groups excluding carboxylic acids is 1. The molecule has 0 aromatic carbocycles. The summed E-state index contributed by atoms with van der Waals surface area (Å²) in [4.78, 5) is 21.4. The molecule has 23 heavy (non-hydrogen) atoms. The van der Waals surface area contributed by atoms with Crippen LogP contribution < -0.4 is 0 Å². The summed E-state index contributed by atoms with van der Waals surface area (Å²) in [5.74, 6) is 0.155. The minimum atomic E-state index is -0.124. The Balaban J connectivity index is 1.93. The van der Waals surface area contributed by atoms with Gasteiger partial charge in [0.05, 0.1) is 24.3 Å². The molecular formula is C16H23N5O2. The highest BCUT2D eigenvalue weighted by atomic mass is 16.5. The molecule has 2 aromatic rings. The van der Waals surface area contributed by atoms with E-state index >= 15 is 0 Å². The number of amides is 1. The summed E-state index contributed by atoms with van der Waals surface area (Å²) in [6.45, 7) is 5.68. The van der Waals surface area contributed by atoms with Crippen LogP contribution in [0.2, 0.25) is 0 Å². The van der Waals surface area contributed by atoms with Gasteiger partial charge in [0.15, 0.2) is 0 Å². The maximum Gasteiger partial charge on any atom is 0.293 e. The Bertz CT molecular complexity index is 677. The fourth-order valence-corrected chi connectivity index (χ4v) is 2.97. The van der Waals surface area contributed by atoms with E-state index in [0.717, 1.165) is 18.7 Å². The van der Waals surface area contributed by atoms with Crippen LogP contribution in [-0.4, -0.2) is 56.6 Å². The molecule has 1 unspecified atom stereocenters. The fraction of sp³-hybridized carbons (Fsp3) is 0.562. The number of hydrogen-bond acceptors (Lipinski definition) is 5. The van der Waals surface area contributed by atoms with Gasteiger partial charge >= 0.3 is 0 Å². The summed E-state index contributed by atoms with van der Waals surface area (Å²) >= 11 is 0. The molecule has 0 aliphatic carbocycles. The van der Waals surface area contributed by atoms with Crippen LogP contribution in [0.1, 0.15) is 41.8 Å². The first kappa shape index (κ1) is 15.7. The summed E-state index contributed by atoms with van der Waals surface area (Å²) in [6.07, 6.45) is 4.13. The minimum Gasteiger partial charge on any atom is -0.351 e. The quantitative estimate of drug-likeness (QED) is 0.854. The Labute approximate surface area is 135 Å². The fourth-order valence-electron chi connectivity index (χ4n) is 2.97. The topological polar surface area (TPSA) is 67.4 Å². The van der Waals surface area contributed by atoms with Crippen LogP contribution >= 0.6 is 0 Å². The van der Waals surface area contributed by atoms with Crippen LogP contribution in [0.15, 0.2) is 23.1 Å². The number of aryl methyl sites for hydroxylation is 1. The number of nitrogens with zero attached hydrogens (tertiary/aromatic N) is 5. The standard InChI is InChI=1S/C16H23N5O2/c1-11(2)19(3)9-13-15-12(20(4)10-17-15)6-8-21(13)16(22)14-5-7-18-23-14/h5,7,10-11,13H,6,8-9H2,1-4H3. The van der Waals surface area contributed by atoms with Gasteiger partial charge in [0.25, 0.3) is 5.91 Å². The van der Waals surface area contributed by atoms with Crippen LogP contribution in [0, 0.1) is 0 Å². The summed E-state index contributed by atoms with van der Waals surface area (Å²) in [5.41, 5.74) is 2.19. The third kappa shape index (κ3) is 2.88. The second-order valence-corrected chi connectivity index (χ2v) is 6.36. The molecule has 7 nitrogen and oxygen atoms in total. The maximum atomic E-state index is 12.8. The number of hydrogen-bond donors (Lipinski definition) is 0. The molecule has 2 aromatic heterocycles. The molecule has 0 bridgehead atoms. The molecular weight excluding hydrogens is 294 g/mol. The molecule has 1 aliphatic heterocycles. The molecule has 124 valence electrons. The van der Waals surface area contributed by atoms with Gasteiger partial charge < -0.3 is 18.9 Å². The lowest BCUT2D eigenvalue weighted by atomic mass is 10.0. The number of aromatic nitrogens is 3. The van der Waals surface area contributed by atoms with Gasteiger partial charge in [-0.05, 0) is 20.9 Å². The number of likely N-dealkylation sites (N-methyl/N-ethyl adjacent to an activating group) is 1. The SMILES string of the molecule is CC(C)N(C)CC1c2ncn(C)c2CCN1C(=O)c1ccno1. The first-order chi connectivity index (χ1) is 11.0. The molecule has 1 atom stereocenters. The normalized spacial score (nSPS) is 17.8. The van der Waals surface area contributed by atoms with Crippen molar-refractivity contribution < 1.29 is 9.32 Å². The Hall–Kier alpha value is -2.15. The highest BCUT2D eigenvalue weighted by Gasteiger charge is 2.36. The van der Waals surface area contributed by atoms with Gasteiger partial charge in [-0.1, -0.05) is 5.16 Å². The predicted octanol–water partition coefficient (Wildman–Crippen LogP) is 1.49. The molecule has 7 heteroatoms. The van der Waals surface area contributed by atoms with Crippen LogP contribution in [0.5, 0.6) is 0 Å². The largest absolute Gasteiger partial charge is 0.351 e. The average Bonchev–Trinajstić information content (AvgIpc) is 3.17. The third-order valence-corrected chi connectivity index (χ3v) is 4.62. The summed E-state index contributed by atoms with van der Waals surface area (Å²) in [7, 11) is 4.07. The van der Waals surface area contributed by atoms with Gasteiger partial charge in [0.1, 0.15) is 0 Å². The first-order valence-corrected chi connectivity index (χ1v) is 7.91. The Morgan fingerprint density at radius 2 is 2.30 bits per heavy atom. The molecule has 0 saturated carbocycles. The zero-order valence-corrected chi connectivity index (χ0v) is 14.1. The van der Waals surface area contributed by atoms with E-state index in [1.807, 2.05) is 22.8 Å². The summed E-state index contributed by atoms with van der Waals surface area (Å²) in [5, 5.41) is 3.65. The number of imidazole rings is 1. The summed E-state index contributed by atoms with van der Waals surface area (Å²) < 4.78 is 7.11. The highest BCUT2D eigenvalue weighted by molar-refractivity contribution is 5.91. The third-order valence-electron chi connectivity index (χ3n) is 4.62. The number of rotatable bonds is 4. The van der Waals surface area contributed by atoms with Crippen LogP contribution in [0.3, 0.4) is 0 Å². The van der Waals surface area contributed by atoms with Crippen LogP contribution in [-0.2, 0) is 13.5 Å². The lowest BCUT2D eigenvalue weighted by molar-refractivity contribution is 0.0552. The van der Waals surface area contributed by atoms with Crippen LogP contribution in [0.4, 0.5) is 0 Å². The van der Waals surface area contributed by atoms with Gasteiger partial charge in [-0.25, -0.2) is 4.98 Å². The van der Waals surface area contributed by atoms with Gasteiger partial charge in [0.2, 0.25) is 5.76 Å². The minimum absolute atomic E-state index is 0.0788. The van der Waals surface area contributed by atoms with Crippen molar-refractivity contribution in [2.75, 3.05) is 20.1 Å². The highest BCUT2D eigenvalue weighted by Crippen LogP contribution is 2.30. The van der Waals surface area contributed by atoms with E-state index in [9.17, 15) is 4.79 Å². The monoisotopic (exact) mass is 317 g/mol. The van der Waals surface area contributed by atoms with Crippen molar-refractivity contribution >= 4 is 5.91 Å². The molecule has 0 N–H and O–H groups in total. The van der Waals surface area contributed by atoms with E-state index in [0.29, 0.717) is 12.6 Å². The molecule has 3 rings (SSSR count). The summed E-state index contributed by atoms with van der Waals surface area (Å²) in [6, 6.07) is 1.93. The molecule has 0 saturated heterocycles. The predicted molar refractivity (Wildman–Crippen MR) is 85.0 cm³/mol. The van der Waals surface area contributed by atoms with Gasteiger partial charge in [-0.3, -0.25) is 4.79 Å². The smallest absolute Gasteiger partial charge is 0.293 e. The van der Waals surface area contributed by atoms with Crippen molar-refractivity contribution in [3.8, 4) is 0 Å². The van der Waals surface area contributed by atoms with Gasteiger partial charge in [0, 0.05) is 44.4 Å².